The first-order chi connectivity index (χ1) is 38.9. The Kier molecular flexibility index (Phi) is 24.5. The van der Waals surface area contributed by atoms with Gasteiger partial charge in [0.2, 0.25) is 29.5 Å². The number of amides is 6. The normalized spacial score (nSPS) is 16.8. The van der Waals surface area contributed by atoms with Crippen LogP contribution in [0.5, 0.6) is 0 Å². The van der Waals surface area contributed by atoms with E-state index in [9.17, 15) is 72.5 Å². The van der Waals surface area contributed by atoms with Gasteiger partial charge in [-0.25, -0.2) is 8.78 Å². The third-order valence-electron chi connectivity index (χ3n) is 13.9. The van der Waals surface area contributed by atoms with Gasteiger partial charge in [-0.1, -0.05) is 12.1 Å². The highest BCUT2D eigenvalue weighted by Gasteiger charge is 2.47. The molecule has 1 unspecified atom stereocenters. The van der Waals surface area contributed by atoms with Crippen molar-refractivity contribution in [2.24, 2.45) is 0 Å². The Morgan fingerprint density at radius 1 is 0.707 bits per heavy atom. The quantitative estimate of drug-likeness (QED) is 0.0422. The summed E-state index contributed by atoms with van der Waals surface area (Å²) in [5.41, 5.74) is 11.4. The van der Waals surface area contributed by atoms with E-state index >= 15 is 0 Å². The molecule has 3 aromatic rings. The second kappa shape index (κ2) is 31.1. The summed E-state index contributed by atoms with van der Waals surface area (Å²) in [6, 6.07) is 11.8. The fourth-order valence-corrected chi connectivity index (χ4v) is 9.30. The minimum atomic E-state index is -3.22. The van der Waals surface area contributed by atoms with Crippen LogP contribution < -0.4 is 32.3 Å². The predicted octanol–water partition coefficient (Wildman–Crippen LogP) is 1.03. The third-order valence-corrected chi connectivity index (χ3v) is 13.9. The number of carboxylic acid groups (broad SMARTS) is 3. The van der Waals surface area contributed by atoms with Gasteiger partial charge in [0, 0.05) is 101 Å². The molecular weight excluding hydrogens is 1070 g/mol. The Morgan fingerprint density at radius 3 is 1.80 bits per heavy atom. The molecule has 0 spiro atoms. The first-order valence-electron chi connectivity index (χ1n) is 26.8. The first-order valence-corrected chi connectivity index (χ1v) is 26.8. The van der Waals surface area contributed by atoms with Gasteiger partial charge in [0.05, 0.1) is 57.6 Å². The minimum Gasteiger partial charge on any atom is -0.480 e. The zero-order chi connectivity index (χ0) is 60.1. The number of anilines is 2. The van der Waals surface area contributed by atoms with Crippen molar-refractivity contribution in [1.82, 2.24) is 50.8 Å². The largest absolute Gasteiger partial charge is 0.480 e. The number of aliphatic carboxylic acids is 3. The average Bonchev–Trinajstić information content (AvgIpc) is 3.88. The lowest BCUT2D eigenvalue weighted by Crippen LogP contribution is -2.49. The molecule has 82 heavy (non-hydrogen) atoms. The maximum absolute atomic E-state index is 14.0. The van der Waals surface area contributed by atoms with Gasteiger partial charge in [0.15, 0.2) is 0 Å². The smallest absolute Gasteiger partial charge is 0.317 e. The predicted molar refractivity (Wildman–Crippen MR) is 295 cm³/mol. The number of alkyl halides is 2. The van der Waals surface area contributed by atoms with Crippen LogP contribution in [-0.4, -0.2) is 214 Å². The van der Waals surface area contributed by atoms with Crippen LogP contribution in [-0.2, 0) is 44.9 Å². The topological polar surface area (TPSA) is 353 Å². The number of hydrogen-bond acceptors (Lipinski definition) is 16. The van der Waals surface area contributed by atoms with E-state index in [2.05, 4.69) is 31.6 Å². The lowest BCUT2D eigenvalue weighted by atomic mass is 10.00. The van der Waals surface area contributed by atoms with Crippen molar-refractivity contribution < 1.29 is 67.3 Å². The Morgan fingerprint density at radius 2 is 1.26 bits per heavy atom. The SMILES string of the molecule is Cc1cc(-c2ccc(NC(=O)C(CCCCNC(=O)CN3CCN(CC(=O)O)CCN(CC(=O)O)CCN(CC(=O)O)CC3)NC(=O)CCC(=O)NCc3cc(C(=O)NCC(=O)N4CC(F)(F)C[C@H]4C#N)c(C)cn3)c(C)c2)ccc1N. The summed E-state index contributed by atoms with van der Waals surface area (Å²) in [5, 5.41) is 51.4. The monoisotopic (exact) mass is 1150 g/mol. The molecule has 2 fully saturated rings. The van der Waals surface area contributed by atoms with E-state index < -0.39 is 85.0 Å². The number of nitrogen functional groups attached to an aromatic ring is 1. The van der Waals surface area contributed by atoms with E-state index in [1.165, 1.54) is 12.3 Å². The van der Waals surface area contributed by atoms with Crippen molar-refractivity contribution in [3.63, 3.8) is 0 Å². The fourth-order valence-electron chi connectivity index (χ4n) is 9.30. The number of aryl methyl sites for hydroxylation is 3. The Labute approximate surface area is 473 Å². The van der Waals surface area contributed by atoms with Crippen LogP contribution in [0.25, 0.3) is 11.1 Å². The lowest BCUT2D eigenvalue weighted by Gasteiger charge is -2.32. The van der Waals surface area contributed by atoms with Crippen LogP contribution in [0.3, 0.4) is 0 Å². The lowest BCUT2D eigenvalue weighted by molar-refractivity contribution is -0.140. The Bertz CT molecular complexity index is 2820. The second-order valence-electron chi connectivity index (χ2n) is 20.5. The van der Waals surface area contributed by atoms with Gasteiger partial charge < -0.3 is 52.5 Å². The highest BCUT2D eigenvalue weighted by molar-refractivity contribution is 5.99. The van der Waals surface area contributed by atoms with Gasteiger partial charge in [0.25, 0.3) is 11.8 Å². The van der Waals surface area contributed by atoms with Gasteiger partial charge in [-0.3, -0.25) is 67.7 Å². The maximum atomic E-state index is 14.0. The van der Waals surface area contributed by atoms with Crippen molar-refractivity contribution in [2.45, 2.75) is 83.8 Å². The zero-order valence-corrected chi connectivity index (χ0v) is 46.3. The van der Waals surface area contributed by atoms with Crippen LogP contribution >= 0.6 is 0 Å². The molecule has 0 radical (unpaired) electrons. The molecule has 444 valence electrons. The Balaban J connectivity index is 1.17. The van der Waals surface area contributed by atoms with Crippen molar-refractivity contribution in [1.29, 1.82) is 5.26 Å². The molecule has 2 atom stereocenters. The molecule has 5 rings (SSSR count). The number of pyridine rings is 1. The summed E-state index contributed by atoms with van der Waals surface area (Å²) < 4.78 is 27.8. The molecule has 0 bridgehead atoms. The summed E-state index contributed by atoms with van der Waals surface area (Å²) in [5.74, 6) is -10.1. The molecule has 0 saturated carbocycles. The summed E-state index contributed by atoms with van der Waals surface area (Å²) in [6.07, 6.45) is 0.823. The van der Waals surface area contributed by atoms with E-state index in [-0.39, 0.29) is 128 Å². The standard InChI is InChI=1S/C55H73F2N13O12/c1-35-22-38(7-9-43(35)59)39-8-10-44(36(2)23-39)65-54(82)45(6-4-5-13-60-48(73)30-66-14-16-67(31-50(75)76)18-20-69(33-52(79)80)21-19-68(17-15-66)32-51(77)78)64-47(72)12-11-46(71)62-28-40-24-42(37(3)27-61-40)53(81)63-29-49(74)70-34-55(56,57)25-41(70)26-58/h7-10,22-24,27,41,45H,4-6,11-21,25,28-34,59H2,1-3H3,(H,60,73)(H,62,71)(H,63,81)(H,64,72)(H,65,82)(H,75,76)(H,77,78)(H,79,80)/t41-,45?/m0/s1. The van der Waals surface area contributed by atoms with Gasteiger partial charge in [-0.05, 0) is 98.2 Å². The molecule has 10 N–H and O–H groups in total. The Hall–Kier alpha value is -8.19. The molecular formula is C55H73F2N13O12. The van der Waals surface area contributed by atoms with Gasteiger partial charge in [0.1, 0.15) is 12.1 Å². The van der Waals surface area contributed by atoms with Crippen molar-refractivity contribution >= 4 is 64.7 Å². The molecule has 2 aliphatic heterocycles. The van der Waals surface area contributed by atoms with E-state index in [1.807, 2.05) is 44.2 Å². The van der Waals surface area contributed by atoms with Crippen LogP contribution in [0.4, 0.5) is 20.2 Å². The van der Waals surface area contributed by atoms with E-state index in [0.717, 1.165) is 27.2 Å². The summed E-state index contributed by atoms with van der Waals surface area (Å²) in [7, 11) is 0. The van der Waals surface area contributed by atoms with Crippen molar-refractivity contribution in [3.05, 3.63) is 76.6 Å². The second-order valence-corrected chi connectivity index (χ2v) is 20.5. The number of benzene rings is 2. The molecule has 6 amide bonds. The van der Waals surface area contributed by atoms with E-state index in [1.54, 1.807) is 38.7 Å². The molecule has 2 aromatic carbocycles. The molecule has 1 aromatic heterocycles. The molecule has 27 heteroatoms. The number of halogens is 2. The molecule has 3 heterocycles. The van der Waals surface area contributed by atoms with Gasteiger partial charge >= 0.3 is 17.9 Å². The first kappa shape index (κ1) is 64.6. The number of likely N-dealkylation sites (tertiary alicyclic amines) is 1. The number of aromatic nitrogens is 1. The average molecular weight is 1150 g/mol. The maximum Gasteiger partial charge on any atom is 0.317 e. The molecule has 25 nitrogen and oxygen atoms in total. The van der Waals surface area contributed by atoms with Gasteiger partial charge in [-0.2, -0.15) is 5.26 Å². The number of unbranched alkanes of at least 4 members (excludes halogenated alkanes) is 1. The van der Waals surface area contributed by atoms with Crippen LogP contribution in [0, 0.1) is 32.1 Å². The number of nitrogens with two attached hydrogens (primary N) is 1. The van der Waals surface area contributed by atoms with E-state index in [4.69, 9.17) is 5.73 Å². The van der Waals surface area contributed by atoms with Crippen LogP contribution in [0.2, 0.25) is 0 Å². The van der Waals surface area contributed by atoms with Crippen molar-refractivity contribution in [2.75, 3.05) is 109 Å². The fraction of sp³-hybridized carbons (Fsp3) is 0.509. The number of carbonyl (C=O) groups is 9. The third kappa shape index (κ3) is 21.4. The number of hydrogen-bond donors (Lipinski definition) is 9. The zero-order valence-electron chi connectivity index (χ0n) is 46.3. The number of nitrogens with zero attached hydrogens (tertiary/aromatic N) is 7. The summed E-state index contributed by atoms with van der Waals surface area (Å²) >= 11 is 0. The highest BCUT2D eigenvalue weighted by Crippen LogP contribution is 2.32. The summed E-state index contributed by atoms with van der Waals surface area (Å²) in [6.45, 7) is 4.61. The molecule has 0 aliphatic carbocycles. The molecule has 2 aliphatic rings. The number of carbonyl (C=O) groups excluding carboxylic acids is 6. The minimum absolute atomic E-state index is 0.0966. The van der Waals surface area contributed by atoms with Crippen LogP contribution in [0.1, 0.15) is 71.3 Å². The summed E-state index contributed by atoms with van der Waals surface area (Å²) in [4.78, 5) is 126. The number of rotatable bonds is 25. The number of carboxylic acids is 3. The number of nitriles is 1. The van der Waals surface area contributed by atoms with Crippen LogP contribution in [0.15, 0.2) is 48.7 Å². The van der Waals surface area contributed by atoms with Gasteiger partial charge in [-0.15, -0.1) is 0 Å². The highest BCUT2D eigenvalue weighted by atomic mass is 19.3. The van der Waals surface area contributed by atoms with E-state index in [0.29, 0.717) is 29.8 Å². The molecule has 2 saturated heterocycles. The number of nitrogens with one attached hydrogen (secondary N) is 5. The van der Waals surface area contributed by atoms with Crippen molar-refractivity contribution in [3.8, 4) is 17.2 Å².